The molecule has 122 valence electrons. The summed E-state index contributed by atoms with van der Waals surface area (Å²) in [7, 11) is -2.69. The van der Waals surface area contributed by atoms with Crippen molar-refractivity contribution in [1.29, 1.82) is 0 Å². The van der Waals surface area contributed by atoms with Crippen molar-refractivity contribution < 1.29 is 17.9 Å². The molecule has 2 aromatic carbocycles. The molecule has 0 aliphatic rings. The number of methoxy groups -OCH3 is 1. The Morgan fingerprint density at radius 1 is 1.09 bits per heavy atom. The summed E-state index contributed by atoms with van der Waals surface area (Å²) < 4.78 is 31.8. The van der Waals surface area contributed by atoms with Crippen molar-refractivity contribution in [3.05, 3.63) is 57.6 Å². The number of esters is 1. The molecule has 0 aromatic heterocycles. The average molecular weight is 374 g/mol. The number of rotatable bonds is 4. The molecule has 0 aliphatic heterocycles. The van der Waals surface area contributed by atoms with Gasteiger partial charge in [0.1, 0.15) is 4.90 Å². The average Bonchev–Trinajstić information content (AvgIpc) is 2.47. The minimum Gasteiger partial charge on any atom is -0.465 e. The number of halogens is 2. The lowest BCUT2D eigenvalue weighted by atomic mass is 10.2. The van der Waals surface area contributed by atoms with Gasteiger partial charge < -0.3 is 4.74 Å². The number of anilines is 1. The third kappa shape index (κ3) is 3.96. The summed E-state index contributed by atoms with van der Waals surface area (Å²) >= 11 is 11.9. The lowest BCUT2D eigenvalue weighted by Crippen LogP contribution is -2.14. The van der Waals surface area contributed by atoms with E-state index in [0.29, 0.717) is 0 Å². The van der Waals surface area contributed by atoms with Crippen molar-refractivity contribution in [2.75, 3.05) is 11.8 Å². The molecule has 23 heavy (non-hydrogen) atoms. The fourth-order valence-electron chi connectivity index (χ4n) is 1.89. The van der Waals surface area contributed by atoms with Crippen LogP contribution < -0.4 is 4.72 Å². The van der Waals surface area contributed by atoms with Gasteiger partial charge in [-0.25, -0.2) is 13.2 Å². The van der Waals surface area contributed by atoms with Crippen LogP contribution in [0.4, 0.5) is 5.69 Å². The zero-order chi connectivity index (χ0) is 17.2. The number of carbonyl (C=O) groups excluding carboxylic acids is 1. The maximum Gasteiger partial charge on any atom is 0.339 e. The molecule has 0 spiro atoms. The molecule has 0 radical (unpaired) electrons. The molecule has 2 aromatic rings. The monoisotopic (exact) mass is 373 g/mol. The van der Waals surface area contributed by atoms with Crippen LogP contribution in [0.25, 0.3) is 0 Å². The highest BCUT2D eigenvalue weighted by atomic mass is 35.5. The van der Waals surface area contributed by atoms with Gasteiger partial charge in [0.2, 0.25) is 0 Å². The van der Waals surface area contributed by atoms with Gasteiger partial charge in [-0.3, -0.25) is 4.72 Å². The molecule has 2 rings (SSSR count). The van der Waals surface area contributed by atoms with Crippen LogP contribution in [0.15, 0.2) is 41.3 Å². The predicted molar refractivity (Wildman–Crippen MR) is 89.8 cm³/mol. The van der Waals surface area contributed by atoms with Gasteiger partial charge in [-0.2, -0.15) is 0 Å². The van der Waals surface area contributed by atoms with E-state index in [1.807, 2.05) is 0 Å². The summed E-state index contributed by atoms with van der Waals surface area (Å²) in [6, 6.07) is 8.75. The second-order valence-electron chi connectivity index (χ2n) is 4.73. The van der Waals surface area contributed by atoms with Crippen LogP contribution in [0.1, 0.15) is 15.9 Å². The summed E-state index contributed by atoms with van der Waals surface area (Å²) in [5.41, 5.74) is 1.07. The van der Waals surface area contributed by atoms with Gasteiger partial charge >= 0.3 is 5.97 Å². The zero-order valence-corrected chi connectivity index (χ0v) is 14.6. The number of aryl methyl sites for hydroxylation is 1. The van der Waals surface area contributed by atoms with Crippen LogP contribution in [0.5, 0.6) is 0 Å². The summed E-state index contributed by atoms with van der Waals surface area (Å²) in [5.74, 6) is -0.663. The maximum absolute atomic E-state index is 12.4. The Hall–Kier alpha value is -1.76. The molecule has 8 heteroatoms. The largest absolute Gasteiger partial charge is 0.465 e. The first kappa shape index (κ1) is 17.6. The van der Waals surface area contributed by atoms with Gasteiger partial charge in [0, 0.05) is 5.69 Å². The van der Waals surface area contributed by atoms with Crippen molar-refractivity contribution in [3.8, 4) is 0 Å². The van der Waals surface area contributed by atoms with E-state index in [1.165, 1.54) is 31.4 Å². The summed E-state index contributed by atoms with van der Waals surface area (Å²) in [5, 5.41) is 0.271. The normalized spacial score (nSPS) is 11.1. The molecule has 0 aliphatic carbocycles. The predicted octanol–water partition coefficient (Wildman–Crippen LogP) is 3.89. The highest BCUT2D eigenvalue weighted by Gasteiger charge is 2.19. The van der Waals surface area contributed by atoms with Crippen LogP contribution in [0.2, 0.25) is 10.0 Å². The first-order valence-electron chi connectivity index (χ1n) is 6.41. The molecule has 0 bridgehead atoms. The van der Waals surface area contributed by atoms with Gasteiger partial charge in [0.25, 0.3) is 10.0 Å². The van der Waals surface area contributed by atoms with E-state index in [1.54, 1.807) is 19.1 Å². The Morgan fingerprint density at radius 3 is 2.39 bits per heavy atom. The van der Waals surface area contributed by atoms with Crippen LogP contribution in [0, 0.1) is 6.92 Å². The minimum atomic E-state index is -3.90. The molecule has 0 saturated heterocycles. The van der Waals surface area contributed by atoms with Crippen molar-refractivity contribution in [2.45, 2.75) is 11.8 Å². The van der Waals surface area contributed by atoms with E-state index in [0.717, 1.165) is 5.56 Å². The highest BCUT2D eigenvalue weighted by Crippen LogP contribution is 2.27. The number of nitrogens with one attached hydrogen (secondary N) is 1. The first-order chi connectivity index (χ1) is 10.7. The molecule has 5 nitrogen and oxygen atoms in total. The second-order valence-corrected chi connectivity index (χ2v) is 7.19. The molecule has 0 saturated carbocycles. The minimum absolute atomic E-state index is 0.0562. The molecule has 0 amide bonds. The van der Waals surface area contributed by atoms with Gasteiger partial charge in [0.15, 0.2) is 0 Å². The van der Waals surface area contributed by atoms with E-state index in [9.17, 15) is 13.2 Å². The number of carbonyl (C=O) groups is 1. The fraction of sp³-hybridized carbons (Fsp3) is 0.133. The van der Waals surface area contributed by atoms with Crippen molar-refractivity contribution in [1.82, 2.24) is 0 Å². The fourth-order valence-corrected chi connectivity index (χ4v) is 3.73. The van der Waals surface area contributed by atoms with Crippen molar-refractivity contribution in [2.24, 2.45) is 0 Å². The third-order valence-electron chi connectivity index (χ3n) is 3.00. The Labute approximate surface area is 144 Å². The molecule has 1 N–H and O–H groups in total. The van der Waals surface area contributed by atoms with E-state index < -0.39 is 16.0 Å². The lowest BCUT2D eigenvalue weighted by Gasteiger charge is -2.11. The third-order valence-corrected chi connectivity index (χ3v) is 5.19. The Morgan fingerprint density at radius 2 is 1.78 bits per heavy atom. The van der Waals surface area contributed by atoms with E-state index in [-0.39, 0.29) is 26.2 Å². The SMILES string of the molecule is COC(=O)c1cc(NS(=O)(=O)c2ccc(C)cc2Cl)ccc1Cl. The maximum atomic E-state index is 12.4. The second kappa shape index (κ2) is 6.78. The van der Waals surface area contributed by atoms with E-state index in [2.05, 4.69) is 9.46 Å². The topological polar surface area (TPSA) is 72.5 Å². The van der Waals surface area contributed by atoms with Gasteiger partial charge in [-0.05, 0) is 42.8 Å². The number of hydrogen-bond donors (Lipinski definition) is 1. The zero-order valence-electron chi connectivity index (χ0n) is 12.3. The molecule has 0 unspecified atom stereocenters. The number of sulfonamides is 1. The number of benzene rings is 2. The smallest absolute Gasteiger partial charge is 0.339 e. The molecule has 0 heterocycles. The molecule has 0 fully saturated rings. The van der Waals surface area contributed by atoms with Crippen LogP contribution in [0.3, 0.4) is 0 Å². The van der Waals surface area contributed by atoms with E-state index in [4.69, 9.17) is 23.2 Å². The summed E-state index contributed by atoms with van der Waals surface area (Å²) in [6.07, 6.45) is 0. The quantitative estimate of drug-likeness (QED) is 0.825. The lowest BCUT2D eigenvalue weighted by molar-refractivity contribution is 0.0601. The van der Waals surface area contributed by atoms with Crippen LogP contribution in [-0.2, 0) is 14.8 Å². The van der Waals surface area contributed by atoms with Gasteiger partial charge in [0.05, 0.1) is 22.7 Å². The number of ether oxygens (including phenoxy) is 1. The molecular weight excluding hydrogens is 361 g/mol. The van der Waals surface area contributed by atoms with Gasteiger partial charge in [-0.1, -0.05) is 29.3 Å². The summed E-state index contributed by atoms with van der Waals surface area (Å²) in [4.78, 5) is 11.6. The standard InChI is InChI=1S/C15H13Cl2NO4S/c1-9-3-6-14(13(17)7-9)23(20,21)18-10-4-5-12(16)11(8-10)15(19)22-2/h3-8,18H,1-2H3. The van der Waals surface area contributed by atoms with Crippen LogP contribution in [-0.4, -0.2) is 21.5 Å². The Kier molecular flexibility index (Phi) is 5.19. The van der Waals surface area contributed by atoms with Crippen LogP contribution >= 0.6 is 23.2 Å². The van der Waals surface area contributed by atoms with Gasteiger partial charge in [-0.15, -0.1) is 0 Å². The number of hydrogen-bond acceptors (Lipinski definition) is 4. The molecule has 0 atom stereocenters. The highest BCUT2D eigenvalue weighted by molar-refractivity contribution is 7.92. The Balaban J connectivity index is 2.39. The molecular formula is C15H13Cl2NO4S. The van der Waals surface area contributed by atoms with E-state index >= 15 is 0 Å². The van der Waals surface area contributed by atoms with Crippen molar-refractivity contribution >= 4 is 44.9 Å². The summed E-state index contributed by atoms with van der Waals surface area (Å²) in [6.45, 7) is 1.80. The van der Waals surface area contributed by atoms with Crippen molar-refractivity contribution in [3.63, 3.8) is 0 Å². The first-order valence-corrected chi connectivity index (χ1v) is 8.65. The Bertz CT molecular complexity index is 866.